The first kappa shape index (κ1) is 44.1. The lowest BCUT2D eigenvalue weighted by Gasteiger charge is -2.19. The third-order valence-electron chi connectivity index (χ3n) is 9.38. The Labute approximate surface area is 337 Å². The van der Waals surface area contributed by atoms with Crippen LogP contribution in [0.15, 0.2) is 121 Å². The van der Waals surface area contributed by atoms with Crippen LogP contribution < -0.4 is 0 Å². The summed E-state index contributed by atoms with van der Waals surface area (Å²) in [5, 5.41) is 45.9. The van der Waals surface area contributed by atoms with Crippen molar-refractivity contribution >= 4 is 47.1 Å². The summed E-state index contributed by atoms with van der Waals surface area (Å²) in [6, 6.07) is 26.3. The predicted octanol–water partition coefficient (Wildman–Crippen LogP) is 10.4. The Morgan fingerprint density at radius 2 is 0.586 bits per heavy atom. The van der Waals surface area contributed by atoms with Crippen LogP contribution in [-0.4, -0.2) is 68.8 Å². The Kier molecular flexibility index (Phi) is 18.3. The molecule has 0 unspecified atom stereocenters. The van der Waals surface area contributed by atoms with E-state index in [-0.39, 0.29) is 22.7 Å². The minimum absolute atomic E-state index is 0.0366. The number of nitrogens with zero attached hydrogens (tertiary/aromatic N) is 6. The highest BCUT2D eigenvalue weighted by atomic mass is 16.6. The lowest BCUT2D eigenvalue weighted by atomic mass is 10.1. The maximum absolute atomic E-state index is 11.5. The van der Waals surface area contributed by atoms with Gasteiger partial charge in [-0.15, -0.1) is 0 Å². The van der Waals surface area contributed by atoms with Crippen molar-refractivity contribution in [1.82, 2.24) is 9.80 Å². The fraction of sp³-hybridized carbons (Fsp3) is 0.273. The average molecular weight is 789 g/mol. The monoisotopic (exact) mass is 788 g/mol. The lowest BCUT2D eigenvalue weighted by molar-refractivity contribution is -0.385. The first-order valence-corrected chi connectivity index (χ1v) is 19.2. The highest BCUT2D eigenvalue weighted by Gasteiger charge is 2.13. The normalized spacial score (nSPS) is 11.8. The Balaban J connectivity index is 1.30. The molecule has 0 spiro atoms. The van der Waals surface area contributed by atoms with Crippen LogP contribution in [0.2, 0.25) is 0 Å². The fourth-order valence-electron chi connectivity index (χ4n) is 6.39. The molecule has 0 aliphatic carbocycles. The van der Waals surface area contributed by atoms with Gasteiger partial charge in [-0.05, 0) is 50.2 Å². The first-order chi connectivity index (χ1) is 28.1. The van der Waals surface area contributed by atoms with Crippen LogP contribution in [0.25, 0.3) is 24.3 Å². The topological polar surface area (TPSA) is 179 Å². The summed E-state index contributed by atoms with van der Waals surface area (Å²) in [7, 11) is 0. The molecule has 0 saturated heterocycles. The molecule has 0 amide bonds. The van der Waals surface area contributed by atoms with Crippen LogP contribution in [-0.2, 0) is 0 Å². The van der Waals surface area contributed by atoms with Gasteiger partial charge in [0.2, 0.25) is 0 Å². The second-order valence-electron chi connectivity index (χ2n) is 13.5. The molecule has 0 saturated carbocycles. The summed E-state index contributed by atoms with van der Waals surface area (Å²) in [5.74, 6) is 0. The Morgan fingerprint density at radius 1 is 0.362 bits per heavy atom. The second-order valence-corrected chi connectivity index (χ2v) is 13.5. The smallest absolute Gasteiger partial charge is 0.276 e. The molecule has 0 aromatic heterocycles. The van der Waals surface area contributed by atoms with Crippen molar-refractivity contribution in [2.75, 3.05) is 39.3 Å². The van der Waals surface area contributed by atoms with Gasteiger partial charge in [0.1, 0.15) is 0 Å². The van der Waals surface area contributed by atoms with Crippen LogP contribution >= 0.6 is 0 Å². The molecule has 4 aromatic rings. The van der Waals surface area contributed by atoms with Crippen LogP contribution in [0.3, 0.4) is 0 Å². The summed E-state index contributed by atoms with van der Waals surface area (Å²) in [5.41, 5.74) is 2.23. The standard InChI is InChI=1S/C44H48N6O8/c51-47(52)41-27-9-5-19-37(41)23-15-33-45(34-16-24-38-20-6-10-28-42(38)48(53)54)31-13-3-1-2-4-14-32-46(35-17-25-39-21-7-11-29-43(39)49(55)56)36-18-26-40-22-8-12-30-44(40)50(57)58/h5-12,15-30H,1-4,13-14,31-36H2/b23-15+,24-16+,25-17+,26-18+. The van der Waals surface area contributed by atoms with Gasteiger partial charge < -0.3 is 0 Å². The van der Waals surface area contributed by atoms with Gasteiger partial charge in [-0.25, -0.2) is 0 Å². The van der Waals surface area contributed by atoms with Crippen molar-refractivity contribution in [2.24, 2.45) is 0 Å². The summed E-state index contributed by atoms with van der Waals surface area (Å²) >= 11 is 0. The molecular formula is C44H48N6O8. The van der Waals surface area contributed by atoms with Crippen molar-refractivity contribution in [3.05, 3.63) is 184 Å². The van der Waals surface area contributed by atoms with Gasteiger partial charge in [-0.1, -0.05) is 123 Å². The quantitative estimate of drug-likeness (QED) is 0.0356. The number of benzene rings is 4. The maximum Gasteiger partial charge on any atom is 0.276 e. The van der Waals surface area contributed by atoms with Crippen molar-refractivity contribution in [3.8, 4) is 0 Å². The lowest BCUT2D eigenvalue weighted by Crippen LogP contribution is -2.25. The Bertz CT molecular complexity index is 1830. The number of hydrogen-bond donors (Lipinski definition) is 0. The minimum atomic E-state index is -0.401. The highest BCUT2D eigenvalue weighted by molar-refractivity contribution is 5.63. The zero-order valence-electron chi connectivity index (χ0n) is 32.3. The molecule has 0 heterocycles. The van der Waals surface area contributed by atoms with E-state index < -0.39 is 19.7 Å². The molecular weight excluding hydrogens is 741 g/mol. The summed E-state index contributed by atoms with van der Waals surface area (Å²) in [4.78, 5) is 48.7. The van der Waals surface area contributed by atoms with E-state index in [4.69, 9.17) is 0 Å². The van der Waals surface area contributed by atoms with Gasteiger partial charge in [-0.3, -0.25) is 50.3 Å². The molecule has 0 radical (unpaired) electrons. The van der Waals surface area contributed by atoms with E-state index in [2.05, 4.69) is 9.80 Å². The fourth-order valence-corrected chi connectivity index (χ4v) is 6.39. The molecule has 0 atom stereocenters. The van der Waals surface area contributed by atoms with Crippen LogP contribution in [0.1, 0.15) is 60.8 Å². The van der Waals surface area contributed by atoms with Gasteiger partial charge >= 0.3 is 0 Å². The predicted molar refractivity (Wildman–Crippen MR) is 229 cm³/mol. The Morgan fingerprint density at radius 3 is 0.828 bits per heavy atom. The van der Waals surface area contributed by atoms with Crippen LogP contribution in [0.5, 0.6) is 0 Å². The molecule has 14 heteroatoms. The molecule has 4 rings (SSSR count). The minimum Gasteiger partial charge on any atom is -0.296 e. The molecule has 14 nitrogen and oxygen atoms in total. The molecule has 302 valence electrons. The van der Waals surface area contributed by atoms with Crippen LogP contribution in [0.4, 0.5) is 22.7 Å². The van der Waals surface area contributed by atoms with E-state index in [1.54, 1.807) is 97.1 Å². The van der Waals surface area contributed by atoms with E-state index >= 15 is 0 Å². The third kappa shape index (κ3) is 14.8. The molecule has 0 bridgehead atoms. The SMILES string of the molecule is O=[N+]([O-])c1ccccc1/C=C/CN(C/C=C/c1ccccc1[N+](=O)[O-])CCCCCCCCN(C/C=C/c1ccccc1[N+](=O)[O-])C/C=C/c1ccccc1[N+](=O)[O-]. The maximum atomic E-state index is 11.5. The van der Waals surface area contributed by atoms with Gasteiger partial charge in [0.05, 0.1) is 41.9 Å². The molecule has 0 aliphatic rings. The summed E-state index contributed by atoms with van der Waals surface area (Å²) in [6.45, 7) is 3.72. The molecule has 0 aliphatic heterocycles. The number of nitro groups is 4. The summed E-state index contributed by atoms with van der Waals surface area (Å²) < 4.78 is 0. The largest absolute Gasteiger partial charge is 0.296 e. The molecule has 4 aromatic carbocycles. The Hall–Kier alpha value is -6.64. The number of para-hydroxylation sites is 4. The first-order valence-electron chi connectivity index (χ1n) is 19.2. The number of hydrogen-bond acceptors (Lipinski definition) is 10. The van der Waals surface area contributed by atoms with E-state index in [0.717, 1.165) is 51.6 Å². The number of rotatable bonds is 25. The van der Waals surface area contributed by atoms with Gasteiger partial charge in [0.25, 0.3) is 22.7 Å². The van der Waals surface area contributed by atoms with Crippen molar-refractivity contribution < 1.29 is 19.7 Å². The van der Waals surface area contributed by atoms with E-state index in [1.807, 2.05) is 24.3 Å². The number of unbranched alkanes of at least 4 members (excludes halogenated alkanes) is 5. The molecule has 0 N–H and O–H groups in total. The van der Waals surface area contributed by atoms with Crippen LogP contribution in [0, 0.1) is 40.5 Å². The van der Waals surface area contributed by atoms with E-state index in [0.29, 0.717) is 48.4 Å². The zero-order valence-corrected chi connectivity index (χ0v) is 32.3. The van der Waals surface area contributed by atoms with Crippen molar-refractivity contribution in [1.29, 1.82) is 0 Å². The second kappa shape index (κ2) is 24.1. The van der Waals surface area contributed by atoms with Crippen molar-refractivity contribution in [2.45, 2.75) is 38.5 Å². The van der Waals surface area contributed by atoms with E-state index in [9.17, 15) is 40.5 Å². The zero-order chi connectivity index (χ0) is 41.5. The van der Waals surface area contributed by atoms with Gasteiger partial charge in [0, 0.05) is 50.4 Å². The van der Waals surface area contributed by atoms with Gasteiger partial charge in [0.15, 0.2) is 0 Å². The van der Waals surface area contributed by atoms with E-state index in [1.165, 1.54) is 24.3 Å². The number of nitro benzene ring substituents is 4. The molecule has 58 heavy (non-hydrogen) atoms. The summed E-state index contributed by atoms with van der Waals surface area (Å²) in [6.07, 6.45) is 20.5. The highest BCUT2D eigenvalue weighted by Crippen LogP contribution is 2.22. The van der Waals surface area contributed by atoms with Gasteiger partial charge in [-0.2, -0.15) is 0 Å². The third-order valence-corrected chi connectivity index (χ3v) is 9.38. The average Bonchev–Trinajstić information content (AvgIpc) is 3.21. The molecule has 0 fully saturated rings. The van der Waals surface area contributed by atoms with Crippen molar-refractivity contribution in [3.63, 3.8) is 0 Å².